The lowest BCUT2D eigenvalue weighted by Gasteiger charge is -2.08. The van der Waals surface area contributed by atoms with Crippen LogP contribution in [0, 0.1) is 0 Å². The third-order valence-corrected chi connectivity index (χ3v) is 3.05. The Labute approximate surface area is 113 Å². The van der Waals surface area contributed by atoms with Gasteiger partial charge in [-0.15, -0.1) is 0 Å². The van der Waals surface area contributed by atoms with Crippen molar-refractivity contribution in [2.24, 2.45) is 0 Å². The Bertz CT molecular complexity index is 515. The number of hydrogen-bond acceptors (Lipinski definition) is 3. The Hall–Kier alpha value is -1.07. The van der Waals surface area contributed by atoms with Crippen molar-refractivity contribution in [1.29, 1.82) is 0 Å². The lowest BCUT2D eigenvalue weighted by atomic mass is 10.3. The van der Waals surface area contributed by atoms with Gasteiger partial charge in [-0.1, -0.05) is 27.5 Å². The number of hydrogen-bond donors (Lipinski definition) is 0. The van der Waals surface area contributed by atoms with E-state index in [1.54, 1.807) is 10.7 Å². The zero-order valence-corrected chi connectivity index (χ0v) is 11.6. The van der Waals surface area contributed by atoms with Gasteiger partial charge < -0.3 is 4.74 Å². The minimum Gasteiger partial charge on any atom is -0.484 e. The van der Waals surface area contributed by atoms with E-state index in [0.717, 1.165) is 16.8 Å². The Kier molecular flexibility index (Phi) is 4.02. The number of aryl methyl sites for hydroxylation is 1. The Morgan fingerprint density at radius 3 is 3.06 bits per heavy atom. The zero-order chi connectivity index (χ0) is 12.3. The standard InChI is InChI=1S/C11H11BrClN3O/c1-2-16-11(14-7-15-16)6-17-10-5-8(12)3-4-9(10)13/h3-5,7H,2,6H2,1H3. The van der Waals surface area contributed by atoms with Crippen molar-refractivity contribution in [3.8, 4) is 5.75 Å². The number of rotatable bonds is 4. The first-order valence-corrected chi connectivity index (χ1v) is 6.32. The largest absolute Gasteiger partial charge is 0.484 e. The molecule has 0 radical (unpaired) electrons. The number of nitrogens with zero attached hydrogens (tertiary/aromatic N) is 3. The van der Waals surface area contributed by atoms with Gasteiger partial charge in [-0.25, -0.2) is 9.67 Å². The molecule has 0 aliphatic rings. The fourth-order valence-corrected chi connectivity index (χ4v) is 1.91. The number of benzene rings is 1. The Morgan fingerprint density at radius 2 is 2.29 bits per heavy atom. The molecule has 0 atom stereocenters. The highest BCUT2D eigenvalue weighted by Gasteiger charge is 2.06. The average Bonchev–Trinajstić information content (AvgIpc) is 2.77. The molecule has 0 saturated heterocycles. The van der Waals surface area contributed by atoms with E-state index in [9.17, 15) is 0 Å². The lowest BCUT2D eigenvalue weighted by Crippen LogP contribution is -2.07. The molecule has 1 aromatic heterocycles. The van der Waals surface area contributed by atoms with Gasteiger partial charge in [0.15, 0.2) is 5.82 Å². The van der Waals surface area contributed by atoms with E-state index in [0.29, 0.717) is 17.4 Å². The van der Waals surface area contributed by atoms with Crippen LogP contribution in [0.25, 0.3) is 0 Å². The third kappa shape index (κ3) is 2.98. The molecule has 2 aromatic rings. The molecule has 0 saturated carbocycles. The molecule has 0 N–H and O–H groups in total. The van der Waals surface area contributed by atoms with Crippen LogP contribution in [0.5, 0.6) is 5.75 Å². The molecule has 2 rings (SSSR count). The van der Waals surface area contributed by atoms with E-state index in [1.165, 1.54) is 6.33 Å². The van der Waals surface area contributed by atoms with Crippen LogP contribution in [0.3, 0.4) is 0 Å². The normalized spacial score (nSPS) is 10.5. The summed E-state index contributed by atoms with van der Waals surface area (Å²) in [4.78, 5) is 4.13. The van der Waals surface area contributed by atoms with Gasteiger partial charge in [0.25, 0.3) is 0 Å². The first-order valence-electron chi connectivity index (χ1n) is 5.15. The van der Waals surface area contributed by atoms with Crippen LogP contribution in [0.4, 0.5) is 0 Å². The molecular formula is C11H11BrClN3O. The quantitative estimate of drug-likeness (QED) is 0.869. The van der Waals surface area contributed by atoms with Gasteiger partial charge in [0.1, 0.15) is 18.7 Å². The minimum atomic E-state index is 0.351. The highest BCUT2D eigenvalue weighted by molar-refractivity contribution is 9.10. The molecule has 0 spiro atoms. The van der Waals surface area contributed by atoms with Crippen molar-refractivity contribution in [2.45, 2.75) is 20.1 Å². The topological polar surface area (TPSA) is 39.9 Å². The summed E-state index contributed by atoms with van der Waals surface area (Å²) in [6.45, 7) is 3.12. The van der Waals surface area contributed by atoms with Gasteiger partial charge in [-0.2, -0.15) is 5.10 Å². The summed E-state index contributed by atoms with van der Waals surface area (Å²) in [5.41, 5.74) is 0. The first kappa shape index (κ1) is 12.4. The molecule has 90 valence electrons. The fraction of sp³-hybridized carbons (Fsp3) is 0.273. The summed E-state index contributed by atoms with van der Waals surface area (Å²) in [6.07, 6.45) is 1.52. The predicted octanol–water partition coefficient (Wildman–Crippen LogP) is 3.29. The lowest BCUT2D eigenvalue weighted by molar-refractivity contribution is 0.287. The van der Waals surface area contributed by atoms with Crippen LogP contribution in [-0.4, -0.2) is 14.8 Å². The van der Waals surface area contributed by atoms with Gasteiger partial charge in [0.2, 0.25) is 0 Å². The smallest absolute Gasteiger partial charge is 0.164 e. The van der Waals surface area contributed by atoms with Gasteiger partial charge >= 0.3 is 0 Å². The maximum absolute atomic E-state index is 6.02. The monoisotopic (exact) mass is 315 g/mol. The van der Waals surface area contributed by atoms with Gasteiger partial charge in [-0.3, -0.25) is 0 Å². The van der Waals surface area contributed by atoms with E-state index in [2.05, 4.69) is 26.0 Å². The molecule has 0 aliphatic heterocycles. The summed E-state index contributed by atoms with van der Waals surface area (Å²) >= 11 is 9.39. The second-order valence-corrected chi connectivity index (χ2v) is 4.68. The van der Waals surface area contributed by atoms with Crippen molar-refractivity contribution in [2.75, 3.05) is 0 Å². The van der Waals surface area contributed by atoms with Crippen molar-refractivity contribution in [3.05, 3.63) is 39.8 Å². The van der Waals surface area contributed by atoms with Crippen LogP contribution in [0.2, 0.25) is 5.02 Å². The fourth-order valence-electron chi connectivity index (χ4n) is 1.39. The summed E-state index contributed by atoms with van der Waals surface area (Å²) in [5, 5.41) is 4.65. The molecular weight excluding hydrogens is 305 g/mol. The van der Waals surface area contributed by atoms with Crippen LogP contribution in [-0.2, 0) is 13.2 Å². The summed E-state index contributed by atoms with van der Waals surface area (Å²) in [5.74, 6) is 1.41. The van der Waals surface area contributed by atoms with E-state index in [4.69, 9.17) is 16.3 Å². The molecule has 0 bridgehead atoms. The predicted molar refractivity (Wildman–Crippen MR) is 69.2 cm³/mol. The summed E-state index contributed by atoms with van der Waals surface area (Å²) < 4.78 is 8.33. The van der Waals surface area contributed by atoms with Gasteiger partial charge in [0, 0.05) is 11.0 Å². The maximum Gasteiger partial charge on any atom is 0.164 e. The van der Waals surface area contributed by atoms with Gasteiger partial charge in [0.05, 0.1) is 5.02 Å². The molecule has 1 aromatic carbocycles. The molecule has 0 amide bonds. The molecule has 0 aliphatic carbocycles. The van der Waals surface area contributed by atoms with E-state index in [-0.39, 0.29) is 0 Å². The van der Waals surface area contributed by atoms with Crippen LogP contribution in [0.1, 0.15) is 12.7 Å². The minimum absolute atomic E-state index is 0.351. The van der Waals surface area contributed by atoms with Crippen molar-refractivity contribution < 1.29 is 4.74 Å². The van der Waals surface area contributed by atoms with E-state index < -0.39 is 0 Å². The Balaban J connectivity index is 2.09. The maximum atomic E-state index is 6.02. The second-order valence-electron chi connectivity index (χ2n) is 3.36. The number of ether oxygens (including phenoxy) is 1. The molecule has 0 fully saturated rings. The van der Waals surface area contributed by atoms with Crippen molar-refractivity contribution >= 4 is 27.5 Å². The van der Waals surface area contributed by atoms with Crippen molar-refractivity contribution in [1.82, 2.24) is 14.8 Å². The van der Waals surface area contributed by atoms with Crippen LogP contribution >= 0.6 is 27.5 Å². The zero-order valence-electron chi connectivity index (χ0n) is 9.23. The summed E-state index contributed by atoms with van der Waals surface area (Å²) in [6, 6.07) is 5.48. The molecule has 1 heterocycles. The SMILES string of the molecule is CCn1ncnc1COc1cc(Br)ccc1Cl. The molecule has 0 unspecified atom stereocenters. The Morgan fingerprint density at radius 1 is 1.47 bits per heavy atom. The van der Waals surface area contributed by atoms with Gasteiger partial charge in [-0.05, 0) is 25.1 Å². The highest BCUT2D eigenvalue weighted by atomic mass is 79.9. The van der Waals surface area contributed by atoms with E-state index >= 15 is 0 Å². The van der Waals surface area contributed by atoms with E-state index in [1.807, 2.05) is 19.1 Å². The first-order chi connectivity index (χ1) is 8.20. The molecule has 6 heteroatoms. The summed E-state index contributed by atoms with van der Waals surface area (Å²) in [7, 11) is 0. The number of aromatic nitrogens is 3. The number of halogens is 2. The average molecular weight is 317 g/mol. The second kappa shape index (κ2) is 5.51. The molecule has 17 heavy (non-hydrogen) atoms. The molecule has 4 nitrogen and oxygen atoms in total. The van der Waals surface area contributed by atoms with Crippen molar-refractivity contribution in [3.63, 3.8) is 0 Å². The van der Waals surface area contributed by atoms with Crippen LogP contribution in [0.15, 0.2) is 29.0 Å². The highest BCUT2D eigenvalue weighted by Crippen LogP contribution is 2.28. The van der Waals surface area contributed by atoms with Crippen LogP contribution < -0.4 is 4.74 Å². The third-order valence-electron chi connectivity index (χ3n) is 2.25.